The Bertz CT molecular complexity index is 724. The van der Waals surface area contributed by atoms with E-state index >= 15 is 0 Å². The molecule has 0 aromatic heterocycles. The Morgan fingerprint density at radius 2 is 1.91 bits per heavy atom. The summed E-state index contributed by atoms with van der Waals surface area (Å²) >= 11 is 0. The van der Waals surface area contributed by atoms with Gasteiger partial charge in [0.2, 0.25) is 0 Å². The molecule has 0 radical (unpaired) electrons. The van der Waals surface area contributed by atoms with Gasteiger partial charge in [-0.15, -0.1) is 0 Å². The summed E-state index contributed by atoms with van der Waals surface area (Å²) in [4.78, 5) is 23.6. The zero-order valence-electron chi connectivity index (χ0n) is 12.7. The van der Waals surface area contributed by atoms with E-state index in [9.17, 15) is 9.59 Å². The van der Waals surface area contributed by atoms with E-state index in [4.69, 9.17) is 9.47 Å². The number of hydrogen-bond donors (Lipinski definition) is 1. The number of rotatable bonds is 4. The zero-order chi connectivity index (χ0) is 16.2. The molecule has 1 amide bonds. The molecule has 0 unspecified atom stereocenters. The van der Waals surface area contributed by atoms with Gasteiger partial charge in [-0.2, -0.15) is 0 Å². The number of amides is 1. The maximum Gasteiger partial charge on any atom is 0.311 e. The third kappa shape index (κ3) is 3.34. The Hall–Kier alpha value is -2.82. The van der Waals surface area contributed by atoms with Crippen molar-refractivity contribution in [3.63, 3.8) is 0 Å². The van der Waals surface area contributed by atoms with Crippen LogP contribution < -0.4 is 14.8 Å². The lowest BCUT2D eigenvalue weighted by atomic mass is 10.1. The molecule has 1 N–H and O–H groups in total. The lowest BCUT2D eigenvalue weighted by Crippen LogP contribution is -2.36. The number of nitrogens with one attached hydrogen (secondary N) is 1. The van der Waals surface area contributed by atoms with Gasteiger partial charge < -0.3 is 14.8 Å². The van der Waals surface area contributed by atoms with Crippen LogP contribution >= 0.6 is 0 Å². The summed E-state index contributed by atoms with van der Waals surface area (Å²) in [6.07, 6.45) is 0.580. The van der Waals surface area contributed by atoms with E-state index in [2.05, 4.69) is 5.32 Å². The van der Waals surface area contributed by atoms with Crippen molar-refractivity contribution in [2.24, 2.45) is 0 Å². The number of benzene rings is 2. The minimum Gasteiger partial charge on any atom is -0.466 e. The van der Waals surface area contributed by atoms with E-state index in [1.807, 2.05) is 13.0 Å². The fraction of sp³-hybridized carbons (Fsp3) is 0.222. The molecule has 3 rings (SSSR count). The topological polar surface area (TPSA) is 64.6 Å². The average molecular weight is 311 g/mol. The first-order valence-corrected chi connectivity index (χ1v) is 7.54. The summed E-state index contributed by atoms with van der Waals surface area (Å²) in [6.45, 7) is 1.92. The van der Waals surface area contributed by atoms with Crippen molar-refractivity contribution in [3.8, 4) is 11.5 Å². The lowest BCUT2D eigenvalue weighted by molar-refractivity contribution is -0.134. The van der Waals surface area contributed by atoms with Crippen LogP contribution in [0.15, 0.2) is 48.5 Å². The number of esters is 1. The molecular formula is C18H17NO4. The van der Waals surface area contributed by atoms with Gasteiger partial charge in [0.25, 0.3) is 5.91 Å². The van der Waals surface area contributed by atoms with Crippen molar-refractivity contribution in [1.82, 2.24) is 5.32 Å². The standard InChI is InChI=1S/C18H17NO4/c1-2-5-16(20)22-13-10-8-12(9-11-13)18-19-17(21)14-6-3-4-7-15(14)23-18/h3-4,6-11,18H,2,5H2,1H3,(H,19,21)/t18-/m0/s1. The number of ether oxygens (including phenoxy) is 2. The summed E-state index contributed by atoms with van der Waals surface area (Å²) in [6, 6.07) is 14.0. The van der Waals surface area contributed by atoms with Gasteiger partial charge in [0.1, 0.15) is 11.5 Å². The zero-order valence-corrected chi connectivity index (χ0v) is 12.7. The summed E-state index contributed by atoms with van der Waals surface area (Å²) in [5.74, 6) is 0.612. The second-order valence-corrected chi connectivity index (χ2v) is 5.26. The van der Waals surface area contributed by atoms with E-state index < -0.39 is 6.23 Å². The van der Waals surface area contributed by atoms with Crippen LogP contribution in [0.25, 0.3) is 0 Å². The fourth-order valence-corrected chi connectivity index (χ4v) is 2.36. The molecule has 1 atom stereocenters. The van der Waals surface area contributed by atoms with Gasteiger partial charge in [-0.1, -0.05) is 19.1 Å². The molecule has 23 heavy (non-hydrogen) atoms. The highest BCUT2D eigenvalue weighted by molar-refractivity contribution is 5.97. The number of carbonyl (C=O) groups excluding carboxylic acids is 2. The first-order valence-electron chi connectivity index (χ1n) is 7.54. The van der Waals surface area contributed by atoms with Crippen molar-refractivity contribution in [2.75, 3.05) is 0 Å². The van der Waals surface area contributed by atoms with Gasteiger partial charge in [0.05, 0.1) is 5.56 Å². The molecule has 5 nitrogen and oxygen atoms in total. The highest BCUT2D eigenvalue weighted by atomic mass is 16.5. The van der Waals surface area contributed by atoms with Crippen LogP contribution in [-0.4, -0.2) is 11.9 Å². The molecule has 1 aliphatic rings. The molecule has 0 saturated carbocycles. The van der Waals surface area contributed by atoms with Gasteiger partial charge in [-0.05, 0) is 42.8 Å². The molecule has 2 aromatic carbocycles. The summed E-state index contributed by atoms with van der Waals surface area (Å²) in [5, 5.41) is 2.80. The molecule has 2 aromatic rings. The molecule has 0 spiro atoms. The van der Waals surface area contributed by atoms with Crippen LogP contribution in [0.5, 0.6) is 11.5 Å². The van der Waals surface area contributed by atoms with Crippen LogP contribution in [0.4, 0.5) is 0 Å². The predicted molar refractivity (Wildman–Crippen MR) is 84.3 cm³/mol. The average Bonchev–Trinajstić information content (AvgIpc) is 2.56. The molecule has 1 heterocycles. The van der Waals surface area contributed by atoms with Crippen LogP contribution in [0.1, 0.15) is 41.9 Å². The molecule has 0 bridgehead atoms. The molecule has 5 heteroatoms. The molecule has 0 fully saturated rings. The van der Waals surface area contributed by atoms with E-state index in [0.29, 0.717) is 23.5 Å². The van der Waals surface area contributed by atoms with Gasteiger partial charge in [0.15, 0.2) is 6.23 Å². The molecular weight excluding hydrogens is 294 g/mol. The SMILES string of the molecule is CCCC(=O)Oc1ccc([C@H]2NC(=O)c3ccccc3O2)cc1. The van der Waals surface area contributed by atoms with Crippen molar-refractivity contribution >= 4 is 11.9 Å². The van der Waals surface area contributed by atoms with Crippen molar-refractivity contribution in [3.05, 3.63) is 59.7 Å². The van der Waals surface area contributed by atoms with Crippen molar-refractivity contribution in [1.29, 1.82) is 0 Å². The molecule has 0 aliphatic carbocycles. The molecule has 1 aliphatic heterocycles. The summed E-state index contributed by atoms with van der Waals surface area (Å²) < 4.78 is 11.0. The van der Waals surface area contributed by atoms with Gasteiger partial charge >= 0.3 is 5.97 Å². The minimum absolute atomic E-state index is 0.171. The second-order valence-electron chi connectivity index (χ2n) is 5.26. The number of carbonyl (C=O) groups is 2. The Kier molecular flexibility index (Phi) is 4.28. The quantitative estimate of drug-likeness (QED) is 0.695. The Labute approximate surface area is 134 Å². The van der Waals surface area contributed by atoms with E-state index in [-0.39, 0.29) is 11.9 Å². The first-order chi connectivity index (χ1) is 11.2. The van der Waals surface area contributed by atoms with E-state index in [0.717, 1.165) is 12.0 Å². The fourth-order valence-electron chi connectivity index (χ4n) is 2.36. The smallest absolute Gasteiger partial charge is 0.311 e. The van der Waals surface area contributed by atoms with Crippen LogP contribution in [-0.2, 0) is 4.79 Å². The van der Waals surface area contributed by atoms with E-state index in [1.165, 1.54) is 0 Å². The highest BCUT2D eigenvalue weighted by Crippen LogP contribution is 2.29. The van der Waals surface area contributed by atoms with Crippen molar-refractivity contribution < 1.29 is 19.1 Å². The number of hydrogen-bond acceptors (Lipinski definition) is 4. The maximum atomic E-state index is 12.1. The molecule has 0 saturated heterocycles. The molecule has 118 valence electrons. The first kappa shape index (κ1) is 15.1. The maximum absolute atomic E-state index is 12.1. The summed E-state index contributed by atoms with van der Waals surface area (Å²) in [5.41, 5.74) is 1.30. The van der Waals surface area contributed by atoms with Crippen molar-refractivity contribution in [2.45, 2.75) is 26.0 Å². The van der Waals surface area contributed by atoms with Gasteiger partial charge in [0, 0.05) is 12.0 Å². The normalized spacial score (nSPS) is 16.0. The lowest BCUT2D eigenvalue weighted by Gasteiger charge is -2.27. The van der Waals surface area contributed by atoms with Gasteiger partial charge in [-0.25, -0.2) is 0 Å². The Morgan fingerprint density at radius 3 is 2.65 bits per heavy atom. The third-order valence-electron chi connectivity index (χ3n) is 3.51. The Balaban J connectivity index is 1.73. The second kappa shape index (κ2) is 6.52. The third-order valence-corrected chi connectivity index (χ3v) is 3.51. The predicted octanol–water partition coefficient (Wildman–Crippen LogP) is 3.21. The van der Waals surface area contributed by atoms with Gasteiger partial charge in [-0.3, -0.25) is 9.59 Å². The van der Waals surface area contributed by atoms with Crippen LogP contribution in [0.3, 0.4) is 0 Å². The Morgan fingerprint density at radius 1 is 1.17 bits per heavy atom. The highest BCUT2D eigenvalue weighted by Gasteiger charge is 2.26. The largest absolute Gasteiger partial charge is 0.466 e. The summed E-state index contributed by atoms with van der Waals surface area (Å²) in [7, 11) is 0. The van der Waals surface area contributed by atoms with Crippen LogP contribution in [0.2, 0.25) is 0 Å². The van der Waals surface area contributed by atoms with E-state index in [1.54, 1.807) is 42.5 Å². The monoisotopic (exact) mass is 311 g/mol. The van der Waals surface area contributed by atoms with Crippen LogP contribution in [0, 0.1) is 0 Å². The number of fused-ring (bicyclic) bond motifs is 1. The minimum atomic E-state index is -0.558. The number of para-hydroxylation sites is 1.